The van der Waals surface area contributed by atoms with E-state index in [1.54, 1.807) is 6.92 Å². The van der Waals surface area contributed by atoms with E-state index in [1.165, 1.54) is 5.56 Å². The van der Waals surface area contributed by atoms with E-state index in [4.69, 9.17) is 0 Å². The minimum Gasteiger partial charge on any atom is -0.477 e. The number of carbonyl (C=O) groups is 2. The largest absolute Gasteiger partial charge is 0.477 e. The van der Waals surface area contributed by atoms with E-state index in [1.807, 2.05) is 36.1 Å². The van der Waals surface area contributed by atoms with Crippen LogP contribution in [0.3, 0.4) is 0 Å². The Labute approximate surface area is 168 Å². The van der Waals surface area contributed by atoms with Crippen LogP contribution in [0.4, 0.5) is 0 Å². The molecule has 0 spiro atoms. The topological polar surface area (TPSA) is 89.5 Å². The molecule has 1 amide bonds. The number of aromatic amines is 1. The molecule has 4 rings (SSSR count). The van der Waals surface area contributed by atoms with Gasteiger partial charge in [0.15, 0.2) is 5.69 Å². The van der Waals surface area contributed by atoms with Crippen LogP contribution in [-0.4, -0.2) is 63.2 Å². The summed E-state index contributed by atoms with van der Waals surface area (Å²) in [6, 6.07) is 12.3. The number of carbonyl (C=O) groups excluding carboxylic acids is 1. The Kier molecular flexibility index (Phi) is 5.07. The van der Waals surface area contributed by atoms with Gasteiger partial charge in [-0.15, -0.1) is 0 Å². The number of fused-ring (bicyclic) bond motifs is 1. The fourth-order valence-electron chi connectivity index (χ4n) is 3.95. The second-order valence-corrected chi connectivity index (χ2v) is 7.58. The van der Waals surface area contributed by atoms with Gasteiger partial charge in [0, 0.05) is 45.0 Å². The van der Waals surface area contributed by atoms with Gasteiger partial charge < -0.3 is 10.0 Å². The van der Waals surface area contributed by atoms with Gasteiger partial charge in [0.05, 0.1) is 5.52 Å². The molecule has 150 valence electrons. The van der Waals surface area contributed by atoms with Crippen LogP contribution in [0, 0.1) is 6.92 Å². The lowest BCUT2D eigenvalue weighted by Crippen LogP contribution is -2.47. The number of hydrogen-bond donors (Lipinski definition) is 2. The fraction of sp³-hybridized carbons (Fsp3) is 0.318. The maximum Gasteiger partial charge on any atom is 0.354 e. The zero-order chi connectivity index (χ0) is 20.5. The highest BCUT2D eigenvalue weighted by Crippen LogP contribution is 2.29. The smallest absolute Gasteiger partial charge is 0.354 e. The second-order valence-electron chi connectivity index (χ2n) is 7.58. The molecule has 2 N–H and O–H groups in total. The average molecular weight is 392 g/mol. The number of carboxylic acids is 1. The van der Waals surface area contributed by atoms with Crippen molar-refractivity contribution >= 4 is 22.8 Å². The summed E-state index contributed by atoms with van der Waals surface area (Å²) in [6.45, 7) is 7.65. The first-order valence-electron chi connectivity index (χ1n) is 9.71. The van der Waals surface area contributed by atoms with Crippen molar-refractivity contribution in [3.05, 3.63) is 53.2 Å². The molecule has 7 heteroatoms. The van der Waals surface area contributed by atoms with Gasteiger partial charge in [0.25, 0.3) is 0 Å². The van der Waals surface area contributed by atoms with Crippen molar-refractivity contribution in [3.8, 4) is 11.1 Å². The van der Waals surface area contributed by atoms with Gasteiger partial charge in [-0.1, -0.05) is 18.2 Å². The number of rotatable bonds is 4. The van der Waals surface area contributed by atoms with Crippen molar-refractivity contribution in [1.29, 1.82) is 0 Å². The Balaban J connectivity index is 1.58. The Bertz CT molecular complexity index is 1080. The Hall–Kier alpha value is -3.19. The number of benzene rings is 2. The summed E-state index contributed by atoms with van der Waals surface area (Å²) in [7, 11) is 0. The average Bonchev–Trinajstić information content (AvgIpc) is 3.13. The first kappa shape index (κ1) is 19.1. The molecule has 0 unspecified atom stereocenters. The van der Waals surface area contributed by atoms with Crippen LogP contribution in [0.15, 0.2) is 36.4 Å². The molecule has 1 aromatic heterocycles. The van der Waals surface area contributed by atoms with E-state index >= 15 is 0 Å². The summed E-state index contributed by atoms with van der Waals surface area (Å²) in [6.07, 6.45) is 0. The third-order valence-corrected chi connectivity index (χ3v) is 5.55. The number of H-pyrrole nitrogens is 1. The van der Waals surface area contributed by atoms with Crippen molar-refractivity contribution in [2.24, 2.45) is 0 Å². The molecule has 1 fully saturated rings. The van der Waals surface area contributed by atoms with E-state index in [9.17, 15) is 14.7 Å². The number of amides is 1. The van der Waals surface area contributed by atoms with Crippen LogP contribution in [0.5, 0.6) is 0 Å². The Morgan fingerprint density at radius 2 is 1.86 bits per heavy atom. The molecular weight excluding hydrogens is 368 g/mol. The van der Waals surface area contributed by atoms with Crippen LogP contribution < -0.4 is 0 Å². The fourth-order valence-corrected chi connectivity index (χ4v) is 3.95. The molecule has 0 aliphatic carbocycles. The third-order valence-electron chi connectivity index (χ3n) is 5.55. The molecule has 0 bridgehead atoms. The molecule has 1 saturated heterocycles. The molecule has 1 aliphatic rings. The molecule has 3 aromatic rings. The molecule has 2 aromatic carbocycles. The van der Waals surface area contributed by atoms with Gasteiger partial charge >= 0.3 is 5.97 Å². The summed E-state index contributed by atoms with van der Waals surface area (Å²) in [5.74, 6) is -0.875. The van der Waals surface area contributed by atoms with E-state index in [0.29, 0.717) is 10.9 Å². The minimum atomic E-state index is -1.01. The number of piperazine rings is 1. The second kappa shape index (κ2) is 7.67. The Morgan fingerprint density at radius 1 is 1.10 bits per heavy atom. The summed E-state index contributed by atoms with van der Waals surface area (Å²) >= 11 is 0. The first-order chi connectivity index (χ1) is 13.9. The monoisotopic (exact) mass is 392 g/mol. The number of aromatic carboxylic acids is 1. The number of nitrogens with zero attached hydrogens (tertiary/aromatic N) is 3. The lowest BCUT2D eigenvalue weighted by molar-refractivity contribution is -0.130. The van der Waals surface area contributed by atoms with Crippen LogP contribution in [-0.2, 0) is 11.3 Å². The number of aryl methyl sites for hydroxylation is 1. The van der Waals surface area contributed by atoms with Crippen LogP contribution >= 0.6 is 0 Å². The Morgan fingerprint density at radius 3 is 2.55 bits per heavy atom. The highest BCUT2D eigenvalue weighted by atomic mass is 16.4. The standard InChI is InChI=1S/C22H24N4O3/c1-14-10-18(12-19-20(14)23-24-21(19)22(28)29)17-5-3-4-16(11-17)13-25-6-8-26(9-7-25)15(2)27/h3-5,10-12H,6-9,13H2,1-2H3,(H,23,24)(H,28,29). The predicted octanol–water partition coefficient (Wildman–Crippen LogP) is 2.90. The normalized spacial score (nSPS) is 15.0. The van der Waals surface area contributed by atoms with E-state index in [2.05, 4.69) is 27.2 Å². The van der Waals surface area contributed by atoms with E-state index < -0.39 is 5.97 Å². The maximum absolute atomic E-state index is 11.5. The molecule has 2 heterocycles. The number of nitrogens with one attached hydrogen (secondary N) is 1. The number of carboxylic acid groups (broad SMARTS) is 1. The zero-order valence-corrected chi connectivity index (χ0v) is 16.6. The van der Waals surface area contributed by atoms with Crippen LogP contribution in [0.2, 0.25) is 0 Å². The van der Waals surface area contributed by atoms with E-state index in [-0.39, 0.29) is 11.6 Å². The lowest BCUT2D eigenvalue weighted by Gasteiger charge is -2.34. The molecule has 1 aliphatic heterocycles. The molecule has 0 saturated carbocycles. The lowest BCUT2D eigenvalue weighted by atomic mass is 9.98. The number of aromatic nitrogens is 2. The van der Waals surface area contributed by atoms with Crippen molar-refractivity contribution in [2.75, 3.05) is 26.2 Å². The minimum absolute atomic E-state index is 0.115. The van der Waals surface area contributed by atoms with Crippen molar-refractivity contribution in [2.45, 2.75) is 20.4 Å². The van der Waals surface area contributed by atoms with Gasteiger partial charge in [-0.3, -0.25) is 14.8 Å². The van der Waals surface area contributed by atoms with Crippen molar-refractivity contribution < 1.29 is 14.7 Å². The van der Waals surface area contributed by atoms with Gasteiger partial charge in [-0.2, -0.15) is 5.10 Å². The van der Waals surface area contributed by atoms with Crippen molar-refractivity contribution in [3.63, 3.8) is 0 Å². The summed E-state index contributed by atoms with van der Waals surface area (Å²) in [5, 5.41) is 16.8. The predicted molar refractivity (Wildman–Crippen MR) is 111 cm³/mol. The van der Waals surface area contributed by atoms with Gasteiger partial charge in [0.2, 0.25) is 5.91 Å². The van der Waals surface area contributed by atoms with Crippen LogP contribution in [0.25, 0.3) is 22.0 Å². The van der Waals surface area contributed by atoms with Gasteiger partial charge in [-0.05, 0) is 47.4 Å². The highest BCUT2D eigenvalue weighted by Gasteiger charge is 2.19. The summed E-state index contributed by atoms with van der Waals surface area (Å²) in [5.41, 5.74) is 4.96. The van der Waals surface area contributed by atoms with Crippen molar-refractivity contribution in [1.82, 2.24) is 20.0 Å². The SMILES string of the molecule is CC(=O)N1CCN(Cc2cccc(-c3cc(C)c4n[nH]c(C(=O)O)c4c3)c2)CC1. The van der Waals surface area contributed by atoms with E-state index in [0.717, 1.165) is 49.4 Å². The maximum atomic E-state index is 11.5. The molecule has 0 radical (unpaired) electrons. The molecular formula is C22H24N4O3. The quantitative estimate of drug-likeness (QED) is 0.713. The summed E-state index contributed by atoms with van der Waals surface area (Å²) < 4.78 is 0. The molecule has 29 heavy (non-hydrogen) atoms. The van der Waals surface area contributed by atoms with Crippen LogP contribution in [0.1, 0.15) is 28.5 Å². The molecule has 0 atom stereocenters. The summed E-state index contributed by atoms with van der Waals surface area (Å²) in [4.78, 5) is 27.2. The third kappa shape index (κ3) is 3.86. The van der Waals surface area contributed by atoms with Gasteiger partial charge in [-0.25, -0.2) is 4.79 Å². The molecule has 7 nitrogen and oxygen atoms in total. The highest BCUT2D eigenvalue weighted by molar-refractivity contribution is 6.03. The zero-order valence-electron chi connectivity index (χ0n) is 16.6. The van der Waals surface area contributed by atoms with Gasteiger partial charge in [0.1, 0.15) is 0 Å². The first-order valence-corrected chi connectivity index (χ1v) is 9.71. The number of hydrogen-bond acceptors (Lipinski definition) is 4.